The zero-order valence-electron chi connectivity index (χ0n) is 13.0. The number of thiazole rings is 1. The molecule has 1 aromatic carbocycles. The molecule has 2 heterocycles. The Morgan fingerprint density at radius 2 is 2.21 bits per heavy atom. The van der Waals surface area contributed by atoms with Gasteiger partial charge in [-0.3, -0.25) is 9.59 Å². The molecule has 3 N–H and O–H groups in total. The highest BCUT2D eigenvalue weighted by Gasteiger charge is 2.11. The number of fused-ring (bicyclic) bond motifs is 1. The van der Waals surface area contributed by atoms with Crippen LogP contribution in [0.3, 0.4) is 0 Å². The standard InChI is InChI=1S/C16H16N4O3S/c1-23-11-3-2-10-8-13(19-12(10)9-11)15(22)17-5-4-14(21)20-16-18-6-7-24-16/h2-3,6-9,19H,4-5H2,1H3,(H,17,22)(H,18,20,21). The summed E-state index contributed by atoms with van der Waals surface area (Å²) in [6.45, 7) is 0.245. The molecule has 0 aliphatic heterocycles. The summed E-state index contributed by atoms with van der Waals surface area (Å²) >= 11 is 1.35. The van der Waals surface area contributed by atoms with Gasteiger partial charge in [0.25, 0.3) is 5.91 Å². The molecule has 0 unspecified atom stereocenters. The van der Waals surface area contributed by atoms with Gasteiger partial charge in [-0.25, -0.2) is 4.98 Å². The maximum Gasteiger partial charge on any atom is 0.267 e. The number of methoxy groups -OCH3 is 1. The summed E-state index contributed by atoms with van der Waals surface area (Å²) in [6.07, 6.45) is 1.80. The highest BCUT2D eigenvalue weighted by Crippen LogP contribution is 2.21. The monoisotopic (exact) mass is 344 g/mol. The number of hydrogen-bond donors (Lipinski definition) is 3. The number of aromatic nitrogens is 2. The predicted molar refractivity (Wildman–Crippen MR) is 92.5 cm³/mol. The first-order chi connectivity index (χ1) is 11.7. The topological polar surface area (TPSA) is 96.1 Å². The van der Waals surface area contributed by atoms with Crippen LogP contribution in [0, 0.1) is 0 Å². The quantitative estimate of drug-likeness (QED) is 0.640. The van der Waals surface area contributed by atoms with Crippen LogP contribution in [0.2, 0.25) is 0 Å². The van der Waals surface area contributed by atoms with E-state index in [1.807, 2.05) is 18.2 Å². The molecule has 0 spiro atoms. The molecule has 0 atom stereocenters. The van der Waals surface area contributed by atoms with Gasteiger partial charge in [-0.2, -0.15) is 0 Å². The lowest BCUT2D eigenvalue weighted by atomic mass is 10.2. The molecule has 0 saturated heterocycles. The molecule has 8 heteroatoms. The average molecular weight is 344 g/mol. The van der Waals surface area contributed by atoms with Crippen molar-refractivity contribution >= 4 is 39.2 Å². The van der Waals surface area contributed by atoms with Gasteiger partial charge in [0.05, 0.1) is 7.11 Å². The Morgan fingerprint density at radius 3 is 2.96 bits per heavy atom. The fourth-order valence-electron chi connectivity index (χ4n) is 2.21. The molecule has 0 saturated carbocycles. The van der Waals surface area contributed by atoms with E-state index in [1.165, 1.54) is 11.3 Å². The fraction of sp³-hybridized carbons (Fsp3) is 0.188. The molecule has 0 aliphatic carbocycles. The molecule has 0 bridgehead atoms. The normalized spacial score (nSPS) is 10.5. The molecule has 3 aromatic rings. The van der Waals surface area contributed by atoms with Crippen molar-refractivity contribution in [2.45, 2.75) is 6.42 Å². The Hall–Kier alpha value is -2.87. The summed E-state index contributed by atoms with van der Waals surface area (Å²) in [6, 6.07) is 7.30. The maximum absolute atomic E-state index is 12.2. The van der Waals surface area contributed by atoms with Crippen LogP contribution in [0.1, 0.15) is 16.9 Å². The second-order valence-corrected chi connectivity index (χ2v) is 5.92. The number of aromatic amines is 1. The van der Waals surface area contributed by atoms with E-state index >= 15 is 0 Å². The van der Waals surface area contributed by atoms with Crippen LogP contribution in [-0.2, 0) is 4.79 Å². The molecular formula is C16H16N4O3S. The minimum atomic E-state index is -0.257. The van der Waals surface area contributed by atoms with Gasteiger partial charge in [0, 0.05) is 41.5 Å². The first-order valence-electron chi connectivity index (χ1n) is 7.30. The van der Waals surface area contributed by atoms with Gasteiger partial charge in [-0.05, 0) is 18.2 Å². The third kappa shape index (κ3) is 3.72. The van der Waals surface area contributed by atoms with Crippen LogP contribution in [0.4, 0.5) is 5.13 Å². The number of rotatable bonds is 6. The summed E-state index contributed by atoms with van der Waals surface area (Å²) in [5.41, 5.74) is 1.26. The zero-order valence-corrected chi connectivity index (χ0v) is 13.8. The van der Waals surface area contributed by atoms with E-state index in [-0.39, 0.29) is 24.8 Å². The Labute approximate surface area is 142 Å². The number of carbonyl (C=O) groups excluding carboxylic acids is 2. The molecule has 24 heavy (non-hydrogen) atoms. The first kappa shape index (κ1) is 16.0. The number of carbonyl (C=O) groups is 2. The Morgan fingerprint density at radius 1 is 1.33 bits per heavy atom. The number of nitrogens with zero attached hydrogens (tertiary/aromatic N) is 1. The van der Waals surface area contributed by atoms with Gasteiger partial charge in [-0.15, -0.1) is 11.3 Å². The van der Waals surface area contributed by atoms with Crippen LogP contribution < -0.4 is 15.4 Å². The number of anilines is 1. The van der Waals surface area contributed by atoms with Gasteiger partial charge >= 0.3 is 0 Å². The van der Waals surface area contributed by atoms with Gasteiger partial charge < -0.3 is 20.4 Å². The Balaban J connectivity index is 1.54. The van der Waals surface area contributed by atoms with Crippen molar-refractivity contribution in [3.8, 4) is 5.75 Å². The number of ether oxygens (including phenoxy) is 1. The molecule has 3 rings (SSSR count). The van der Waals surface area contributed by atoms with Crippen LogP contribution in [0.15, 0.2) is 35.8 Å². The third-order valence-electron chi connectivity index (χ3n) is 3.39. The van der Waals surface area contributed by atoms with Gasteiger partial charge in [0.1, 0.15) is 11.4 Å². The minimum Gasteiger partial charge on any atom is -0.497 e. The highest BCUT2D eigenvalue weighted by molar-refractivity contribution is 7.13. The van der Waals surface area contributed by atoms with Gasteiger partial charge in [0.2, 0.25) is 5.91 Å². The van der Waals surface area contributed by atoms with Crippen molar-refractivity contribution < 1.29 is 14.3 Å². The SMILES string of the molecule is COc1ccc2cc(C(=O)NCCC(=O)Nc3nccs3)[nH]c2c1. The number of H-pyrrole nitrogens is 1. The minimum absolute atomic E-state index is 0.180. The van der Waals surface area contributed by atoms with E-state index in [4.69, 9.17) is 4.74 Å². The van der Waals surface area contributed by atoms with Crippen LogP contribution in [0.5, 0.6) is 5.75 Å². The number of benzene rings is 1. The smallest absolute Gasteiger partial charge is 0.267 e. The van der Waals surface area contributed by atoms with E-state index in [9.17, 15) is 9.59 Å². The third-order valence-corrected chi connectivity index (χ3v) is 4.08. The van der Waals surface area contributed by atoms with E-state index in [0.717, 1.165) is 16.7 Å². The number of hydrogen-bond acceptors (Lipinski definition) is 5. The molecule has 0 fully saturated rings. The summed E-state index contributed by atoms with van der Waals surface area (Å²) in [5.74, 6) is 0.272. The molecule has 2 amide bonds. The lowest BCUT2D eigenvalue weighted by Gasteiger charge is -2.03. The Bertz CT molecular complexity index is 857. The first-order valence-corrected chi connectivity index (χ1v) is 8.18. The lowest BCUT2D eigenvalue weighted by Crippen LogP contribution is -2.27. The van der Waals surface area contributed by atoms with Gasteiger partial charge in [0.15, 0.2) is 5.13 Å². The highest BCUT2D eigenvalue weighted by atomic mass is 32.1. The number of amides is 2. The van der Waals surface area contributed by atoms with Crippen LogP contribution in [-0.4, -0.2) is 35.4 Å². The van der Waals surface area contributed by atoms with Crippen molar-refractivity contribution in [3.05, 3.63) is 41.5 Å². The van der Waals surface area contributed by atoms with E-state index < -0.39 is 0 Å². The van der Waals surface area contributed by atoms with Crippen molar-refractivity contribution in [2.24, 2.45) is 0 Å². The summed E-state index contributed by atoms with van der Waals surface area (Å²) in [5, 5.41) is 8.64. The average Bonchev–Trinajstić information content (AvgIpc) is 3.22. The molecule has 0 aliphatic rings. The fourth-order valence-corrected chi connectivity index (χ4v) is 2.75. The summed E-state index contributed by atoms with van der Waals surface area (Å²) < 4.78 is 5.16. The van der Waals surface area contributed by atoms with Crippen molar-refractivity contribution in [3.63, 3.8) is 0 Å². The predicted octanol–water partition coefficient (Wildman–Crippen LogP) is 2.39. The zero-order chi connectivity index (χ0) is 16.9. The molecule has 2 aromatic heterocycles. The molecule has 7 nitrogen and oxygen atoms in total. The van der Waals surface area contributed by atoms with Crippen LogP contribution >= 0.6 is 11.3 Å². The second-order valence-electron chi connectivity index (χ2n) is 5.03. The summed E-state index contributed by atoms with van der Waals surface area (Å²) in [7, 11) is 1.59. The van der Waals surface area contributed by atoms with Crippen molar-refractivity contribution in [1.29, 1.82) is 0 Å². The van der Waals surface area contributed by atoms with E-state index in [0.29, 0.717) is 10.8 Å². The lowest BCUT2D eigenvalue weighted by molar-refractivity contribution is -0.116. The van der Waals surface area contributed by atoms with Crippen molar-refractivity contribution in [1.82, 2.24) is 15.3 Å². The molecular weight excluding hydrogens is 328 g/mol. The largest absolute Gasteiger partial charge is 0.497 e. The van der Waals surface area contributed by atoms with Crippen molar-refractivity contribution in [2.75, 3.05) is 19.0 Å². The second kappa shape index (κ2) is 7.14. The Kier molecular flexibility index (Phi) is 4.76. The van der Waals surface area contributed by atoms with E-state index in [2.05, 4.69) is 20.6 Å². The van der Waals surface area contributed by atoms with E-state index in [1.54, 1.807) is 24.8 Å². The molecule has 124 valence electrons. The number of nitrogens with one attached hydrogen (secondary N) is 3. The summed E-state index contributed by atoms with van der Waals surface area (Å²) in [4.78, 5) is 30.9. The maximum atomic E-state index is 12.2. The van der Waals surface area contributed by atoms with Gasteiger partial charge in [-0.1, -0.05) is 0 Å². The van der Waals surface area contributed by atoms with Crippen LogP contribution in [0.25, 0.3) is 10.9 Å². The molecule has 0 radical (unpaired) electrons.